The molecule has 2 fully saturated rings. The third-order valence-corrected chi connectivity index (χ3v) is 4.46. The molecular weight excluding hydrogens is 241 g/mol. The van der Waals surface area contributed by atoms with Gasteiger partial charge in [0.15, 0.2) is 5.78 Å². The third-order valence-electron chi connectivity index (χ3n) is 4.46. The zero-order chi connectivity index (χ0) is 13.2. The largest absolute Gasteiger partial charge is 0.295 e. The van der Waals surface area contributed by atoms with Crippen molar-refractivity contribution in [2.24, 2.45) is 11.8 Å². The number of piperidine rings is 1. The number of carbonyl (C=O) groups is 1. The molecule has 1 heterocycles. The Hall–Kier alpha value is -1.22. The van der Waals surface area contributed by atoms with E-state index in [9.17, 15) is 9.18 Å². The van der Waals surface area contributed by atoms with Gasteiger partial charge in [-0.3, -0.25) is 9.69 Å². The number of nitrogens with zero attached hydrogens (tertiary/aromatic N) is 1. The van der Waals surface area contributed by atoms with Crippen LogP contribution in [-0.2, 0) is 0 Å². The van der Waals surface area contributed by atoms with E-state index in [0.717, 1.165) is 24.9 Å². The number of hydrogen-bond acceptors (Lipinski definition) is 2. The molecule has 1 aromatic carbocycles. The van der Waals surface area contributed by atoms with Gasteiger partial charge in [-0.15, -0.1) is 0 Å². The summed E-state index contributed by atoms with van der Waals surface area (Å²) in [5, 5.41) is 0. The van der Waals surface area contributed by atoms with E-state index in [2.05, 4.69) is 4.90 Å². The van der Waals surface area contributed by atoms with E-state index in [-0.39, 0.29) is 11.6 Å². The highest BCUT2D eigenvalue weighted by atomic mass is 19.1. The van der Waals surface area contributed by atoms with E-state index in [4.69, 9.17) is 0 Å². The molecular formula is C16H20FNO. The Labute approximate surface area is 113 Å². The van der Waals surface area contributed by atoms with Crippen LogP contribution in [0.5, 0.6) is 0 Å². The van der Waals surface area contributed by atoms with Crippen LogP contribution in [0.15, 0.2) is 24.3 Å². The van der Waals surface area contributed by atoms with Crippen molar-refractivity contribution in [2.75, 3.05) is 19.6 Å². The van der Waals surface area contributed by atoms with Gasteiger partial charge in [0.05, 0.1) is 6.54 Å². The second-order valence-corrected chi connectivity index (χ2v) is 6.02. The first kappa shape index (κ1) is 12.8. The number of carbonyl (C=O) groups excluding carboxylic acids is 1. The number of ketones is 1. The Morgan fingerprint density at radius 2 is 1.79 bits per heavy atom. The van der Waals surface area contributed by atoms with Crippen LogP contribution in [0.25, 0.3) is 0 Å². The average molecular weight is 261 g/mol. The summed E-state index contributed by atoms with van der Waals surface area (Å²) in [5.41, 5.74) is 0.622. The van der Waals surface area contributed by atoms with E-state index in [1.807, 2.05) is 0 Å². The first-order chi connectivity index (χ1) is 9.20. The van der Waals surface area contributed by atoms with Gasteiger partial charge in [0.25, 0.3) is 0 Å². The summed E-state index contributed by atoms with van der Waals surface area (Å²) in [6.07, 6.45) is 5.34. The predicted octanol–water partition coefficient (Wildman–Crippen LogP) is 3.13. The van der Waals surface area contributed by atoms with Gasteiger partial charge in [0.1, 0.15) is 5.82 Å². The number of likely N-dealkylation sites (tertiary alicyclic amines) is 1. The monoisotopic (exact) mass is 261 g/mol. The highest BCUT2D eigenvalue weighted by Gasteiger charge is 2.31. The van der Waals surface area contributed by atoms with E-state index in [1.165, 1.54) is 37.8 Å². The van der Waals surface area contributed by atoms with Crippen LogP contribution in [0, 0.1) is 17.7 Å². The van der Waals surface area contributed by atoms with Crippen molar-refractivity contribution in [3.8, 4) is 0 Å². The minimum atomic E-state index is -0.288. The Balaban J connectivity index is 1.61. The molecule has 2 nitrogen and oxygen atoms in total. The number of hydrogen-bond donors (Lipinski definition) is 0. The molecule has 1 aliphatic carbocycles. The molecule has 2 bridgehead atoms. The lowest BCUT2D eigenvalue weighted by molar-refractivity contribution is 0.0702. The first-order valence-electron chi connectivity index (χ1n) is 7.22. The minimum absolute atomic E-state index is 0.111. The van der Waals surface area contributed by atoms with Crippen molar-refractivity contribution < 1.29 is 9.18 Å². The van der Waals surface area contributed by atoms with Crippen molar-refractivity contribution in [3.63, 3.8) is 0 Å². The highest BCUT2D eigenvalue weighted by molar-refractivity contribution is 5.97. The minimum Gasteiger partial charge on any atom is -0.295 e. The van der Waals surface area contributed by atoms with Gasteiger partial charge in [0, 0.05) is 18.7 Å². The molecule has 0 aromatic heterocycles. The summed E-state index contributed by atoms with van der Waals surface area (Å²) in [7, 11) is 0. The van der Waals surface area contributed by atoms with E-state index in [1.54, 1.807) is 12.1 Å². The van der Waals surface area contributed by atoms with Gasteiger partial charge in [-0.2, -0.15) is 0 Å². The SMILES string of the molecule is O=C(CN1CC2CCCC(C2)C1)c1ccc(F)cc1. The van der Waals surface area contributed by atoms with E-state index >= 15 is 0 Å². The molecule has 3 rings (SSSR count). The standard InChI is InChI=1S/C16H20FNO/c17-15-6-4-14(5-7-15)16(19)11-18-9-12-2-1-3-13(8-12)10-18/h4-7,12-13H,1-3,8-11H2. The normalized spacial score (nSPS) is 27.2. The number of benzene rings is 1. The van der Waals surface area contributed by atoms with Crippen LogP contribution >= 0.6 is 0 Å². The molecule has 1 aromatic rings. The van der Waals surface area contributed by atoms with Crippen LogP contribution in [0.1, 0.15) is 36.0 Å². The zero-order valence-corrected chi connectivity index (χ0v) is 11.1. The maximum absolute atomic E-state index is 12.8. The van der Waals surface area contributed by atoms with Gasteiger partial charge < -0.3 is 0 Å². The molecule has 1 saturated heterocycles. The lowest BCUT2D eigenvalue weighted by Gasteiger charge is -2.41. The maximum Gasteiger partial charge on any atom is 0.176 e. The fraction of sp³-hybridized carbons (Fsp3) is 0.562. The van der Waals surface area contributed by atoms with Crippen molar-refractivity contribution in [3.05, 3.63) is 35.6 Å². The second kappa shape index (κ2) is 5.41. The maximum atomic E-state index is 12.8. The average Bonchev–Trinajstić information content (AvgIpc) is 2.39. The molecule has 0 N–H and O–H groups in total. The van der Waals surface area contributed by atoms with Crippen molar-refractivity contribution >= 4 is 5.78 Å². The molecule has 3 heteroatoms. The predicted molar refractivity (Wildman–Crippen MR) is 72.6 cm³/mol. The molecule has 19 heavy (non-hydrogen) atoms. The molecule has 1 aliphatic heterocycles. The number of halogens is 1. The zero-order valence-electron chi connectivity index (χ0n) is 11.1. The van der Waals surface area contributed by atoms with E-state index in [0.29, 0.717) is 12.1 Å². The van der Waals surface area contributed by atoms with Crippen molar-refractivity contribution in [1.82, 2.24) is 4.90 Å². The van der Waals surface area contributed by atoms with Crippen LogP contribution in [0.2, 0.25) is 0 Å². The third kappa shape index (κ3) is 3.03. The molecule has 102 valence electrons. The van der Waals surface area contributed by atoms with Crippen LogP contribution < -0.4 is 0 Å². The fourth-order valence-electron chi connectivity index (χ4n) is 3.60. The molecule has 2 atom stereocenters. The molecule has 0 spiro atoms. The second-order valence-electron chi connectivity index (χ2n) is 6.02. The van der Waals surface area contributed by atoms with Gasteiger partial charge in [-0.25, -0.2) is 4.39 Å². The van der Waals surface area contributed by atoms with E-state index < -0.39 is 0 Å². The summed E-state index contributed by atoms with van der Waals surface area (Å²) in [6.45, 7) is 2.60. The number of Topliss-reactive ketones (excluding diaryl/α,β-unsaturated/α-hetero) is 1. The molecule has 0 amide bonds. The fourth-order valence-corrected chi connectivity index (χ4v) is 3.60. The quantitative estimate of drug-likeness (QED) is 0.779. The molecule has 1 saturated carbocycles. The summed E-state index contributed by atoms with van der Waals surface area (Å²) in [6, 6.07) is 5.89. The lowest BCUT2D eigenvalue weighted by Crippen LogP contribution is -2.44. The summed E-state index contributed by atoms with van der Waals surface area (Å²) < 4.78 is 12.8. The Morgan fingerprint density at radius 1 is 1.16 bits per heavy atom. The van der Waals surface area contributed by atoms with Crippen LogP contribution in [-0.4, -0.2) is 30.3 Å². The lowest BCUT2D eigenvalue weighted by atomic mass is 9.78. The van der Waals surface area contributed by atoms with Crippen LogP contribution in [0.4, 0.5) is 4.39 Å². The van der Waals surface area contributed by atoms with Gasteiger partial charge >= 0.3 is 0 Å². The van der Waals surface area contributed by atoms with Crippen LogP contribution in [0.3, 0.4) is 0 Å². The topological polar surface area (TPSA) is 20.3 Å². The Bertz CT molecular complexity index is 444. The van der Waals surface area contributed by atoms with Crippen molar-refractivity contribution in [1.29, 1.82) is 0 Å². The van der Waals surface area contributed by atoms with Gasteiger partial charge in [0.2, 0.25) is 0 Å². The van der Waals surface area contributed by atoms with Crippen molar-refractivity contribution in [2.45, 2.75) is 25.7 Å². The molecule has 0 radical (unpaired) electrons. The molecule has 2 unspecified atom stereocenters. The summed E-state index contributed by atoms with van der Waals surface area (Å²) in [4.78, 5) is 14.5. The van der Waals surface area contributed by atoms with Gasteiger partial charge in [-0.1, -0.05) is 6.42 Å². The number of fused-ring (bicyclic) bond motifs is 2. The Morgan fingerprint density at radius 3 is 2.42 bits per heavy atom. The number of rotatable bonds is 3. The smallest absolute Gasteiger partial charge is 0.176 e. The molecule has 2 aliphatic rings. The summed E-state index contributed by atoms with van der Waals surface area (Å²) >= 11 is 0. The van der Waals surface area contributed by atoms with Gasteiger partial charge in [-0.05, 0) is 55.4 Å². The Kier molecular flexibility index (Phi) is 3.65. The first-order valence-corrected chi connectivity index (χ1v) is 7.22. The highest BCUT2D eigenvalue weighted by Crippen LogP contribution is 2.34. The summed E-state index contributed by atoms with van der Waals surface area (Å²) in [5.74, 6) is 1.39.